The van der Waals surface area contributed by atoms with Gasteiger partial charge in [-0.3, -0.25) is 0 Å². The summed E-state index contributed by atoms with van der Waals surface area (Å²) in [5, 5.41) is 8.52. The third-order valence-corrected chi connectivity index (χ3v) is 3.10. The molecule has 0 atom stereocenters. The maximum absolute atomic E-state index is 5.94. The fraction of sp³-hybridized carbons (Fsp3) is 0. The molecule has 0 radical (unpaired) electrons. The molecule has 3 aromatic heterocycles. The van der Waals surface area contributed by atoms with Crippen LogP contribution < -0.4 is 5.73 Å². The van der Waals surface area contributed by atoms with Gasteiger partial charge in [0, 0.05) is 23.2 Å². The first kappa shape index (κ1) is 10.0. The summed E-state index contributed by atoms with van der Waals surface area (Å²) < 4.78 is 1.65. The zero-order valence-electron chi connectivity index (χ0n) is 8.95. The third kappa shape index (κ3) is 1.81. The largest absolute Gasteiger partial charge is 0.384 e. The molecule has 0 bridgehead atoms. The monoisotopic (exact) mass is 242 g/mol. The first-order valence-corrected chi connectivity index (χ1v) is 6.08. The number of nitrogens with zero attached hydrogens (tertiary/aromatic N) is 3. The highest BCUT2D eigenvalue weighted by molar-refractivity contribution is 7.08. The van der Waals surface area contributed by atoms with Gasteiger partial charge in [0.2, 0.25) is 0 Å². The summed E-state index contributed by atoms with van der Waals surface area (Å²) in [5.41, 5.74) is 7.89. The highest BCUT2D eigenvalue weighted by Gasteiger charge is 2.09. The van der Waals surface area contributed by atoms with Gasteiger partial charge in [0.15, 0.2) is 5.82 Å². The van der Waals surface area contributed by atoms with Crippen molar-refractivity contribution in [2.75, 3.05) is 5.73 Å². The lowest BCUT2D eigenvalue weighted by Gasteiger charge is -2.00. The van der Waals surface area contributed by atoms with Crippen molar-refractivity contribution in [3.63, 3.8) is 0 Å². The predicted octanol–water partition coefficient (Wildman–Crippen LogP) is 2.58. The molecule has 5 heteroatoms. The Hall–Kier alpha value is -2.14. The van der Waals surface area contributed by atoms with Crippen molar-refractivity contribution in [1.29, 1.82) is 0 Å². The Morgan fingerprint density at radius 2 is 2.18 bits per heavy atom. The number of pyridine rings is 1. The van der Waals surface area contributed by atoms with Crippen LogP contribution in [0.3, 0.4) is 0 Å². The van der Waals surface area contributed by atoms with Crippen LogP contribution in [0.4, 0.5) is 5.82 Å². The summed E-state index contributed by atoms with van der Waals surface area (Å²) in [7, 11) is 0. The topological polar surface area (TPSA) is 56.7 Å². The molecule has 0 spiro atoms. The van der Waals surface area contributed by atoms with E-state index >= 15 is 0 Å². The van der Waals surface area contributed by atoms with Crippen LogP contribution in [0.5, 0.6) is 0 Å². The van der Waals surface area contributed by atoms with Gasteiger partial charge in [0.25, 0.3) is 0 Å². The second-order valence-corrected chi connectivity index (χ2v) is 4.35. The minimum Gasteiger partial charge on any atom is -0.384 e. The second-order valence-electron chi connectivity index (χ2n) is 3.57. The minimum absolute atomic E-state index is 0.588. The molecule has 2 N–H and O–H groups in total. The standard InChI is InChI=1S/C12H10N4S/c13-11-7-10(9-4-6-17-8-9)15-16(11)12-3-1-2-5-14-12/h1-8H,13H2. The summed E-state index contributed by atoms with van der Waals surface area (Å²) in [6, 6.07) is 9.53. The Labute approximate surface area is 102 Å². The van der Waals surface area contributed by atoms with Gasteiger partial charge in [-0.25, -0.2) is 4.98 Å². The third-order valence-electron chi connectivity index (χ3n) is 2.42. The fourth-order valence-electron chi connectivity index (χ4n) is 1.61. The number of nitrogens with two attached hydrogens (primary N) is 1. The second kappa shape index (κ2) is 4.03. The average molecular weight is 242 g/mol. The molecule has 0 fully saturated rings. The molecule has 3 rings (SSSR count). The van der Waals surface area contributed by atoms with E-state index in [-0.39, 0.29) is 0 Å². The molecule has 0 aliphatic rings. The first-order valence-electron chi connectivity index (χ1n) is 5.14. The van der Waals surface area contributed by atoms with Gasteiger partial charge < -0.3 is 5.73 Å². The van der Waals surface area contributed by atoms with Gasteiger partial charge in [-0.1, -0.05) is 6.07 Å². The van der Waals surface area contributed by atoms with Crippen LogP contribution in [0.25, 0.3) is 17.1 Å². The number of aromatic nitrogens is 3. The quantitative estimate of drug-likeness (QED) is 0.751. The van der Waals surface area contributed by atoms with Crippen molar-refractivity contribution in [3.8, 4) is 17.1 Å². The van der Waals surface area contributed by atoms with Gasteiger partial charge in [-0.15, -0.1) is 0 Å². The SMILES string of the molecule is Nc1cc(-c2ccsc2)nn1-c1ccccn1. The summed E-state index contributed by atoms with van der Waals surface area (Å²) in [4.78, 5) is 4.23. The molecule has 0 aliphatic carbocycles. The van der Waals surface area contributed by atoms with E-state index in [1.807, 2.05) is 41.1 Å². The van der Waals surface area contributed by atoms with Crippen molar-refractivity contribution in [2.45, 2.75) is 0 Å². The Kier molecular flexibility index (Phi) is 2.38. The maximum atomic E-state index is 5.94. The number of nitrogen functional groups attached to an aromatic ring is 1. The molecular formula is C12H10N4S. The lowest BCUT2D eigenvalue weighted by molar-refractivity contribution is 0.861. The Morgan fingerprint density at radius 3 is 2.88 bits per heavy atom. The molecule has 3 aromatic rings. The van der Waals surface area contributed by atoms with Gasteiger partial charge in [0.1, 0.15) is 5.82 Å². The Bertz CT molecular complexity index is 613. The van der Waals surface area contributed by atoms with Gasteiger partial charge in [0.05, 0.1) is 5.69 Å². The fourth-order valence-corrected chi connectivity index (χ4v) is 2.26. The summed E-state index contributed by atoms with van der Waals surface area (Å²) in [6.45, 7) is 0. The van der Waals surface area contributed by atoms with Crippen LogP contribution in [0.1, 0.15) is 0 Å². The lowest BCUT2D eigenvalue weighted by atomic mass is 10.2. The molecule has 0 unspecified atom stereocenters. The molecule has 0 saturated heterocycles. The molecule has 4 nitrogen and oxygen atoms in total. The van der Waals surface area contributed by atoms with E-state index < -0.39 is 0 Å². The van der Waals surface area contributed by atoms with Crippen LogP contribution in [-0.2, 0) is 0 Å². The highest BCUT2D eigenvalue weighted by atomic mass is 32.1. The molecule has 0 aromatic carbocycles. The molecular weight excluding hydrogens is 232 g/mol. The van der Waals surface area contributed by atoms with E-state index in [1.165, 1.54) is 0 Å². The van der Waals surface area contributed by atoms with Crippen LogP contribution in [0, 0.1) is 0 Å². The van der Waals surface area contributed by atoms with E-state index in [0.717, 1.165) is 17.1 Å². The Balaban J connectivity index is 2.08. The van der Waals surface area contributed by atoms with E-state index in [4.69, 9.17) is 5.73 Å². The van der Waals surface area contributed by atoms with Crippen molar-refractivity contribution in [1.82, 2.24) is 14.8 Å². The van der Waals surface area contributed by atoms with E-state index in [2.05, 4.69) is 10.1 Å². The van der Waals surface area contributed by atoms with E-state index in [1.54, 1.807) is 22.2 Å². The molecule has 17 heavy (non-hydrogen) atoms. The summed E-state index contributed by atoms with van der Waals surface area (Å²) in [5.74, 6) is 1.32. The van der Waals surface area contributed by atoms with E-state index in [9.17, 15) is 0 Å². The smallest absolute Gasteiger partial charge is 0.155 e. The molecule has 0 aliphatic heterocycles. The molecule has 0 saturated carbocycles. The van der Waals surface area contributed by atoms with Crippen LogP contribution in [-0.4, -0.2) is 14.8 Å². The van der Waals surface area contributed by atoms with Crippen LogP contribution in [0.2, 0.25) is 0 Å². The number of anilines is 1. The van der Waals surface area contributed by atoms with E-state index in [0.29, 0.717) is 5.82 Å². The number of thiophene rings is 1. The van der Waals surface area contributed by atoms with Gasteiger partial charge in [-0.2, -0.15) is 21.1 Å². The molecule has 3 heterocycles. The first-order chi connectivity index (χ1) is 8.34. The normalized spacial score (nSPS) is 10.6. The van der Waals surface area contributed by atoms with Gasteiger partial charge in [-0.05, 0) is 23.6 Å². The zero-order valence-corrected chi connectivity index (χ0v) is 9.76. The van der Waals surface area contributed by atoms with Crippen molar-refractivity contribution in [3.05, 3.63) is 47.3 Å². The van der Waals surface area contributed by atoms with Crippen LogP contribution in [0.15, 0.2) is 47.3 Å². The predicted molar refractivity (Wildman–Crippen MR) is 69.1 cm³/mol. The van der Waals surface area contributed by atoms with Crippen molar-refractivity contribution >= 4 is 17.2 Å². The average Bonchev–Trinajstić information content (AvgIpc) is 2.99. The number of hydrogen-bond acceptors (Lipinski definition) is 4. The van der Waals surface area contributed by atoms with Crippen molar-refractivity contribution < 1.29 is 0 Å². The van der Waals surface area contributed by atoms with Gasteiger partial charge >= 0.3 is 0 Å². The molecule has 84 valence electrons. The lowest BCUT2D eigenvalue weighted by Crippen LogP contribution is -2.03. The van der Waals surface area contributed by atoms with Crippen molar-refractivity contribution in [2.24, 2.45) is 0 Å². The number of rotatable bonds is 2. The highest BCUT2D eigenvalue weighted by Crippen LogP contribution is 2.23. The zero-order chi connectivity index (χ0) is 11.7. The number of hydrogen-bond donors (Lipinski definition) is 1. The van der Waals surface area contributed by atoms with Crippen LogP contribution >= 0.6 is 11.3 Å². The Morgan fingerprint density at radius 1 is 1.24 bits per heavy atom. The summed E-state index contributed by atoms with van der Waals surface area (Å²) >= 11 is 1.64. The summed E-state index contributed by atoms with van der Waals surface area (Å²) in [6.07, 6.45) is 1.72. The minimum atomic E-state index is 0.588. The molecule has 0 amide bonds. The maximum Gasteiger partial charge on any atom is 0.155 e.